The van der Waals surface area contributed by atoms with Gasteiger partial charge in [0.1, 0.15) is 5.41 Å². The highest BCUT2D eigenvalue weighted by molar-refractivity contribution is 6.05. The molecule has 0 spiro atoms. The number of hydrogen-bond acceptors (Lipinski definition) is 5. The zero-order valence-corrected chi connectivity index (χ0v) is 10.2. The maximum absolute atomic E-state index is 11.6. The number of nitrogens with one attached hydrogen (secondary N) is 1. The molecule has 1 rings (SSSR count). The molecule has 1 aliphatic heterocycles. The lowest BCUT2D eigenvalue weighted by atomic mass is 9.89. The Morgan fingerprint density at radius 2 is 2.12 bits per heavy atom. The average molecular weight is 243 g/mol. The summed E-state index contributed by atoms with van der Waals surface area (Å²) in [4.78, 5) is 34.2. The summed E-state index contributed by atoms with van der Waals surface area (Å²) in [5.41, 5.74) is -1.28. The number of carbonyl (C=O) groups is 3. The molecule has 1 N–H and O–H groups in total. The Labute approximate surface area is 99.6 Å². The monoisotopic (exact) mass is 243 g/mol. The SMILES string of the molecule is CC(C)COC(=O)OC(=O)[C@]1(C)CCNC1=O. The first kappa shape index (κ1) is 13.5. The Bertz CT molecular complexity index is 339. The molecule has 1 heterocycles. The second-order valence-electron chi connectivity index (χ2n) is 4.68. The number of esters is 1. The molecule has 1 saturated heterocycles. The fourth-order valence-electron chi connectivity index (χ4n) is 1.38. The number of rotatable bonds is 3. The summed E-state index contributed by atoms with van der Waals surface area (Å²) in [7, 11) is 0. The molecular weight excluding hydrogens is 226 g/mol. The number of carbonyl (C=O) groups excluding carboxylic acids is 3. The molecule has 17 heavy (non-hydrogen) atoms. The Hall–Kier alpha value is -1.59. The van der Waals surface area contributed by atoms with Gasteiger partial charge in [-0.15, -0.1) is 0 Å². The molecule has 0 unspecified atom stereocenters. The van der Waals surface area contributed by atoms with Gasteiger partial charge in [-0.25, -0.2) is 4.79 Å². The van der Waals surface area contributed by atoms with E-state index in [1.54, 1.807) is 0 Å². The first-order chi connectivity index (χ1) is 7.86. The van der Waals surface area contributed by atoms with E-state index in [0.717, 1.165) is 0 Å². The lowest BCUT2D eigenvalue weighted by molar-refractivity contribution is -0.154. The summed E-state index contributed by atoms with van der Waals surface area (Å²) in [6.45, 7) is 5.76. The predicted molar refractivity (Wildman–Crippen MR) is 58.0 cm³/mol. The molecule has 0 aliphatic carbocycles. The summed E-state index contributed by atoms with van der Waals surface area (Å²) in [5, 5.41) is 2.52. The summed E-state index contributed by atoms with van der Waals surface area (Å²) in [6.07, 6.45) is -0.730. The van der Waals surface area contributed by atoms with Crippen molar-refractivity contribution >= 4 is 18.0 Å². The Kier molecular flexibility index (Phi) is 4.09. The molecule has 0 aromatic carbocycles. The minimum absolute atomic E-state index is 0.156. The third kappa shape index (κ3) is 3.18. The van der Waals surface area contributed by atoms with Crippen molar-refractivity contribution in [1.82, 2.24) is 5.32 Å². The third-order valence-electron chi connectivity index (χ3n) is 2.57. The van der Waals surface area contributed by atoms with Gasteiger partial charge < -0.3 is 14.8 Å². The molecule has 1 atom stereocenters. The van der Waals surface area contributed by atoms with Crippen molar-refractivity contribution in [2.75, 3.05) is 13.2 Å². The minimum atomic E-state index is -1.28. The zero-order chi connectivity index (χ0) is 13.1. The quantitative estimate of drug-likeness (QED) is 0.587. The van der Waals surface area contributed by atoms with Gasteiger partial charge in [0.25, 0.3) is 0 Å². The average Bonchev–Trinajstić information content (AvgIpc) is 2.58. The van der Waals surface area contributed by atoms with Gasteiger partial charge in [-0.3, -0.25) is 9.59 Å². The van der Waals surface area contributed by atoms with Crippen molar-refractivity contribution in [3.05, 3.63) is 0 Å². The molecule has 0 saturated carbocycles. The highest BCUT2D eigenvalue weighted by Gasteiger charge is 2.47. The standard InChI is InChI=1S/C11H17NO5/c1-7(2)6-16-10(15)17-9(14)11(3)4-5-12-8(11)13/h7H,4-6H2,1-3H3,(H,12,13)/t11-/m1/s1. The van der Waals surface area contributed by atoms with E-state index in [1.165, 1.54) is 6.92 Å². The summed E-state index contributed by atoms with van der Waals surface area (Å²) in [6, 6.07) is 0. The van der Waals surface area contributed by atoms with Gasteiger partial charge in [-0.1, -0.05) is 13.8 Å². The van der Waals surface area contributed by atoms with Crippen LogP contribution in [0.25, 0.3) is 0 Å². The van der Waals surface area contributed by atoms with Crippen LogP contribution in [0.1, 0.15) is 27.2 Å². The van der Waals surface area contributed by atoms with Crippen molar-refractivity contribution in [2.45, 2.75) is 27.2 Å². The van der Waals surface area contributed by atoms with E-state index in [9.17, 15) is 14.4 Å². The fraction of sp³-hybridized carbons (Fsp3) is 0.727. The molecular formula is C11H17NO5. The van der Waals surface area contributed by atoms with Crippen LogP contribution in [0, 0.1) is 11.3 Å². The van der Waals surface area contributed by atoms with Crippen LogP contribution in [0.2, 0.25) is 0 Å². The minimum Gasteiger partial charge on any atom is -0.434 e. The first-order valence-electron chi connectivity index (χ1n) is 5.53. The van der Waals surface area contributed by atoms with Crippen LogP contribution in [0.4, 0.5) is 4.79 Å². The van der Waals surface area contributed by atoms with E-state index in [4.69, 9.17) is 4.74 Å². The van der Waals surface area contributed by atoms with Gasteiger partial charge in [0.15, 0.2) is 0 Å². The van der Waals surface area contributed by atoms with Crippen molar-refractivity contribution in [2.24, 2.45) is 11.3 Å². The second-order valence-corrected chi connectivity index (χ2v) is 4.68. The molecule has 1 fully saturated rings. The predicted octanol–water partition coefficient (Wildman–Crippen LogP) is 0.848. The van der Waals surface area contributed by atoms with E-state index < -0.39 is 23.4 Å². The number of hydrogen-bond donors (Lipinski definition) is 1. The van der Waals surface area contributed by atoms with Crippen molar-refractivity contribution in [3.8, 4) is 0 Å². The number of ether oxygens (including phenoxy) is 2. The lowest BCUT2D eigenvalue weighted by Gasteiger charge is -2.17. The summed E-state index contributed by atoms with van der Waals surface area (Å²) < 4.78 is 9.20. The Morgan fingerprint density at radius 3 is 2.59 bits per heavy atom. The van der Waals surface area contributed by atoms with Gasteiger partial charge in [0, 0.05) is 6.54 Å². The van der Waals surface area contributed by atoms with Gasteiger partial charge in [0.05, 0.1) is 6.61 Å². The van der Waals surface area contributed by atoms with Crippen LogP contribution in [-0.2, 0) is 19.1 Å². The van der Waals surface area contributed by atoms with Crippen LogP contribution in [0.3, 0.4) is 0 Å². The third-order valence-corrected chi connectivity index (χ3v) is 2.57. The molecule has 0 aromatic rings. The lowest BCUT2D eigenvalue weighted by Crippen LogP contribution is -2.38. The van der Waals surface area contributed by atoms with Crippen LogP contribution < -0.4 is 5.32 Å². The largest absolute Gasteiger partial charge is 0.516 e. The second kappa shape index (κ2) is 5.16. The molecule has 0 aromatic heterocycles. The van der Waals surface area contributed by atoms with Gasteiger partial charge in [-0.2, -0.15) is 0 Å². The number of amides is 1. The van der Waals surface area contributed by atoms with Crippen LogP contribution in [0.15, 0.2) is 0 Å². The zero-order valence-electron chi connectivity index (χ0n) is 10.2. The molecule has 6 heteroatoms. The van der Waals surface area contributed by atoms with E-state index >= 15 is 0 Å². The molecule has 1 amide bonds. The van der Waals surface area contributed by atoms with Crippen molar-refractivity contribution in [1.29, 1.82) is 0 Å². The van der Waals surface area contributed by atoms with E-state index in [-0.39, 0.29) is 12.5 Å². The topological polar surface area (TPSA) is 81.7 Å². The molecule has 0 bridgehead atoms. The summed E-state index contributed by atoms with van der Waals surface area (Å²) in [5.74, 6) is -1.12. The van der Waals surface area contributed by atoms with E-state index in [2.05, 4.69) is 10.1 Å². The van der Waals surface area contributed by atoms with Crippen LogP contribution >= 0.6 is 0 Å². The highest BCUT2D eigenvalue weighted by Crippen LogP contribution is 2.27. The van der Waals surface area contributed by atoms with Crippen LogP contribution in [0.5, 0.6) is 0 Å². The van der Waals surface area contributed by atoms with E-state index in [0.29, 0.717) is 13.0 Å². The normalized spacial score (nSPS) is 23.4. The molecule has 0 radical (unpaired) electrons. The van der Waals surface area contributed by atoms with Crippen LogP contribution in [-0.4, -0.2) is 31.2 Å². The molecule has 1 aliphatic rings. The molecule has 96 valence electrons. The van der Waals surface area contributed by atoms with Crippen molar-refractivity contribution in [3.63, 3.8) is 0 Å². The highest BCUT2D eigenvalue weighted by atomic mass is 16.7. The first-order valence-corrected chi connectivity index (χ1v) is 5.53. The maximum Gasteiger partial charge on any atom is 0.516 e. The Balaban J connectivity index is 2.49. The van der Waals surface area contributed by atoms with E-state index in [1.807, 2.05) is 13.8 Å². The van der Waals surface area contributed by atoms with Gasteiger partial charge in [-0.05, 0) is 19.3 Å². The van der Waals surface area contributed by atoms with Gasteiger partial charge in [0.2, 0.25) is 5.91 Å². The van der Waals surface area contributed by atoms with Gasteiger partial charge >= 0.3 is 12.1 Å². The fourth-order valence-corrected chi connectivity index (χ4v) is 1.38. The summed E-state index contributed by atoms with van der Waals surface area (Å²) >= 11 is 0. The maximum atomic E-state index is 11.6. The Morgan fingerprint density at radius 1 is 1.47 bits per heavy atom. The smallest absolute Gasteiger partial charge is 0.434 e. The molecule has 6 nitrogen and oxygen atoms in total. The van der Waals surface area contributed by atoms with Crippen molar-refractivity contribution < 1.29 is 23.9 Å².